The molecular formula is C25H32FN5O2S. The van der Waals surface area contributed by atoms with E-state index in [2.05, 4.69) is 36.3 Å². The first-order chi connectivity index (χ1) is 16.0. The number of rotatable bonds is 8. The predicted octanol–water partition coefficient (Wildman–Crippen LogP) is 5.07. The van der Waals surface area contributed by atoms with Crippen LogP contribution in [0.2, 0.25) is 0 Å². The van der Waals surface area contributed by atoms with E-state index in [-0.39, 0.29) is 28.9 Å². The molecule has 0 spiro atoms. The van der Waals surface area contributed by atoms with Crippen LogP contribution in [0.4, 0.5) is 10.1 Å². The number of aromatic nitrogens is 3. The van der Waals surface area contributed by atoms with Gasteiger partial charge < -0.3 is 10.1 Å². The van der Waals surface area contributed by atoms with E-state index in [0.29, 0.717) is 22.4 Å². The second kappa shape index (κ2) is 10.6. The Morgan fingerprint density at radius 1 is 1.18 bits per heavy atom. The van der Waals surface area contributed by atoms with Crippen molar-refractivity contribution in [2.45, 2.75) is 44.3 Å². The van der Waals surface area contributed by atoms with Crippen molar-refractivity contribution in [2.24, 2.45) is 0 Å². The Bertz CT molecular complexity index is 1140. The largest absolute Gasteiger partial charge is 0.495 e. The molecule has 2 aromatic carbocycles. The standard InChI is InChI=1S/C25H32FN5O2S/c1-16(30(5)6)23-28-29-24(31(23)19-11-9-18(26)10-12-19)34-15-22(32)27-20-14-17(25(2,3)4)8-13-21(20)33-7/h8-14,16H,15H2,1-7H3,(H,27,32). The first-order valence-corrected chi connectivity index (χ1v) is 12.0. The number of methoxy groups -OCH3 is 1. The summed E-state index contributed by atoms with van der Waals surface area (Å²) in [6.07, 6.45) is 0. The van der Waals surface area contributed by atoms with Crippen molar-refractivity contribution >= 4 is 23.4 Å². The van der Waals surface area contributed by atoms with E-state index in [1.807, 2.05) is 48.7 Å². The summed E-state index contributed by atoms with van der Waals surface area (Å²) in [7, 11) is 5.48. The summed E-state index contributed by atoms with van der Waals surface area (Å²) in [6, 6.07) is 11.9. The molecule has 0 bridgehead atoms. The quantitative estimate of drug-likeness (QED) is 0.450. The molecule has 0 radical (unpaired) electrons. The van der Waals surface area contributed by atoms with Crippen LogP contribution in [-0.4, -0.2) is 52.5 Å². The maximum atomic E-state index is 13.5. The summed E-state index contributed by atoms with van der Waals surface area (Å²) in [5, 5.41) is 12.2. The lowest BCUT2D eigenvalue weighted by atomic mass is 9.87. The van der Waals surface area contributed by atoms with Gasteiger partial charge >= 0.3 is 0 Å². The monoisotopic (exact) mass is 485 g/mol. The summed E-state index contributed by atoms with van der Waals surface area (Å²) in [4.78, 5) is 14.9. The Morgan fingerprint density at radius 3 is 2.44 bits per heavy atom. The molecule has 1 heterocycles. The number of carbonyl (C=O) groups is 1. The zero-order chi connectivity index (χ0) is 25.0. The molecule has 1 atom stereocenters. The molecule has 0 saturated heterocycles. The zero-order valence-corrected chi connectivity index (χ0v) is 21.5. The minimum Gasteiger partial charge on any atom is -0.495 e. The fourth-order valence-electron chi connectivity index (χ4n) is 3.30. The van der Waals surface area contributed by atoms with E-state index in [1.54, 1.807) is 19.2 Å². The van der Waals surface area contributed by atoms with Crippen molar-refractivity contribution in [3.63, 3.8) is 0 Å². The van der Waals surface area contributed by atoms with Crippen LogP contribution in [0.5, 0.6) is 5.75 Å². The Morgan fingerprint density at radius 2 is 1.85 bits per heavy atom. The Labute approximate surface area is 204 Å². The van der Waals surface area contributed by atoms with Gasteiger partial charge in [-0.25, -0.2) is 4.39 Å². The number of thioether (sulfide) groups is 1. The summed E-state index contributed by atoms with van der Waals surface area (Å²) in [6.45, 7) is 8.36. The van der Waals surface area contributed by atoms with Crippen molar-refractivity contribution in [3.8, 4) is 11.4 Å². The summed E-state index contributed by atoms with van der Waals surface area (Å²) < 4.78 is 20.8. The number of hydrogen-bond acceptors (Lipinski definition) is 6. The molecule has 1 N–H and O–H groups in total. The van der Waals surface area contributed by atoms with Gasteiger partial charge in [0.1, 0.15) is 11.6 Å². The van der Waals surface area contributed by atoms with Gasteiger partial charge in [-0.2, -0.15) is 0 Å². The van der Waals surface area contributed by atoms with Crippen LogP contribution in [0.15, 0.2) is 47.6 Å². The molecule has 0 saturated carbocycles. The summed E-state index contributed by atoms with van der Waals surface area (Å²) >= 11 is 1.27. The first-order valence-electron chi connectivity index (χ1n) is 11.0. The lowest BCUT2D eigenvalue weighted by molar-refractivity contribution is -0.113. The molecule has 1 unspecified atom stereocenters. The van der Waals surface area contributed by atoms with Gasteiger partial charge in [-0.1, -0.05) is 38.6 Å². The van der Waals surface area contributed by atoms with Crippen molar-refractivity contribution in [1.29, 1.82) is 0 Å². The van der Waals surface area contributed by atoms with Crippen LogP contribution < -0.4 is 10.1 Å². The van der Waals surface area contributed by atoms with Gasteiger partial charge in [-0.3, -0.25) is 14.3 Å². The second-order valence-corrected chi connectivity index (χ2v) is 10.2. The highest BCUT2D eigenvalue weighted by atomic mass is 32.2. The van der Waals surface area contributed by atoms with Crippen LogP contribution in [-0.2, 0) is 10.2 Å². The SMILES string of the molecule is COc1ccc(C(C)(C)C)cc1NC(=O)CSc1nnc(C(C)N(C)C)n1-c1ccc(F)cc1. The lowest BCUT2D eigenvalue weighted by Gasteiger charge is -2.21. The average molecular weight is 486 g/mol. The molecule has 182 valence electrons. The van der Waals surface area contributed by atoms with Gasteiger partial charge in [-0.15, -0.1) is 10.2 Å². The van der Waals surface area contributed by atoms with Crippen LogP contribution in [0, 0.1) is 5.82 Å². The van der Waals surface area contributed by atoms with Crippen molar-refractivity contribution in [2.75, 3.05) is 32.3 Å². The van der Waals surface area contributed by atoms with Gasteiger partial charge in [0.2, 0.25) is 5.91 Å². The molecule has 1 aromatic heterocycles. The highest BCUT2D eigenvalue weighted by Gasteiger charge is 2.22. The first kappa shape index (κ1) is 25.7. The van der Waals surface area contributed by atoms with Crippen LogP contribution in [0.25, 0.3) is 5.69 Å². The van der Waals surface area contributed by atoms with Crippen molar-refractivity contribution in [3.05, 3.63) is 59.7 Å². The highest BCUT2D eigenvalue weighted by molar-refractivity contribution is 7.99. The molecule has 0 fully saturated rings. The number of ether oxygens (including phenoxy) is 1. The molecule has 3 aromatic rings. The maximum Gasteiger partial charge on any atom is 0.234 e. The molecule has 0 aliphatic carbocycles. The van der Waals surface area contributed by atoms with Crippen LogP contribution in [0.1, 0.15) is 45.1 Å². The van der Waals surface area contributed by atoms with E-state index in [4.69, 9.17) is 4.74 Å². The molecule has 3 rings (SSSR count). The number of amides is 1. The van der Waals surface area contributed by atoms with Gasteiger partial charge in [0.05, 0.1) is 24.6 Å². The summed E-state index contributed by atoms with van der Waals surface area (Å²) in [5.41, 5.74) is 2.39. The smallest absolute Gasteiger partial charge is 0.234 e. The third-order valence-corrected chi connectivity index (χ3v) is 6.49. The van der Waals surface area contributed by atoms with Crippen LogP contribution in [0.3, 0.4) is 0 Å². The number of nitrogens with zero attached hydrogens (tertiary/aromatic N) is 4. The third-order valence-electron chi connectivity index (χ3n) is 5.56. The van der Waals surface area contributed by atoms with Gasteiger partial charge in [0.25, 0.3) is 0 Å². The van der Waals surface area contributed by atoms with Gasteiger partial charge in [0, 0.05) is 5.69 Å². The van der Waals surface area contributed by atoms with E-state index in [0.717, 1.165) is 11.3 Å². The highest BCUT2D eigenvalue weighted by Crippen LogP contribution is 2.32. The number of hydrogen-bond donors (Lipinski definition) is 1. The fourth-order valence-corrected chi connectivity index (χ4v) is 4.06. The van der Waals surface area contributed by atoms with E-state index in [9.17, 15) is 9.18 Å². The molecular weight excluding hydrogens is 453 g/mol. The van der Waals surface area contributed by atoms with E-state index < -0.39 is 0 Å². The Hall–Kier alpha value is -2.91. The molecule has 7 nitrogen and oxygen atoms in total. The molecule has 0 aliphatic heterocycles. The number of halogens is 1. The third kappa shape index (κ3) is 5.95. The van der Waals surface area contributed by atoms with Crippen LogP contribution >= 0.6 is 11.8 Å². The Balaban J connectivity index is 1.83. The molecule has 9 heteroatoms. The zero-order valence-electron chi connectivity index (χ0n) is 20.7. The molecule has 34 heavy (non-hydrogen) atoms. The number of anilines is 1. The fraction of sp³-hybridized carbons (Fsp3) is 0.400. The van der Waals surface area contributed by atoms with Gasteiger partial charge in [0.15, 0.2) is 11.0 Å². The maximum absolute atomic E-state index is 13.5. The second-order valence-electron chi connectivity index (χ2n) is 9.29. The van der Waals surface area contributed by atoms with Gasteiger partial charge in [-0.05, 0) is 68.4 Å². The average Bonchev–Trinajstić information content (AvgIpc) is 3.20. The molecule has 1 amide bonds. The minimum atomic E-state index is -0.320. The number of benzene rings is 2. The lowest BCUT2D eigenvalue weighted by Crippen LogP contribution is -2.21. The number of nitrogens with one attached hydrogen (secondary N) is 1. The van der Waals surface area contributed by atoms with Crippen molar-refractivity contribution < 1.29 is 13.9 Å². The van der Waals surface area contributed by atoms with E-state index in [1.165, 1.54) is 23.9 Å². The molecule has 0 aliphatic rings. The van der Waals surface area contributed by atoms with E-state index >= 15 is 0 Å². The minimum absolute atomic E-state index is 0.0369. The summed E-state index contributed by atoms with van der Waals surface area (Å²) in [5.74, 6) is 0.921. The number of carbonyl (C=O) groups excluding carboxylic acids is 1. The predicted molar refractivity (Wildman–Crippen MR) is 134 cm³/mol. The normalized spacial score (nSPS) is 12.6. The van der Waals surface area contributed by atoms with Crippen molar-refractivity contribution in [1.82, 2.24) is 19.7 Å². The Kier molecular flexibility index (Phi) is 7.99. The topological polar surface area (TPSA) is 72.3 Å².